The first-order chi connectivity index (χ1) is 22.9. The van der Waals surface area contributed by atoms with Gasteiger partial charge in [-0.25, -0.2) is 9.18 Å². The van der Waals surface area contributed by atoms with Crippen LogP contribution in [0.1, 0.15) is 57.8 Å². The van der Waals surface area contributed by atoms with E-state index in [9.17, 15) is 14.4 Å². The van der Waals surface area contributed by atoms with Gasteiger partial charge in [-0.05, 0) is 69.0 Å². The van der Waals surface area contributed by atoms with Crippen LogP contribution in [-0.4, -0.2) is 79.7 Å². The SMILES string of the molecule is C.CN(C)C=NCCCCNC(=O)c1cn2c3c(c(N4CC[C@@H](NC(=O)OC(C)(C)C)C4)c(F)cc3c1=O)Oc1cc3ccccc3cc1-2. The predicted octanol–water partition coefficient (Wildman–Crippen LogP) is 6.23. The van der Waals surface area contributed by atoms with Crippen molar-refractivity contribution in [3.05, 3.63) is 70.3 Å². The van der Waals surface area contributed by atoms with Crippen molar-refractivity contribution in [2.24, 2.45) is 4.99 Å². The van der Waals surface area contributed by atoms with Gasteiger partial charge in [0.15, 0.2) is 17.3 Å². The minimum atomic E-state index is -0.654. The Morgan fingerprint density at radius 3 is 2.59 bits per heavy atom. The van der Waals surface area contributed by atoms with Crippen LogP contribution in [0.2, 0.25) is 0 Å². The Bertz CT molecular complexity index is 1980. The quantitative estimate of drug-likeness (QED) is 0.108. The average Bonchev–Trinajstić information content (AvgIpc) is 3.47. The number of halogens is 1. The number of carbonyl (C=O) groups is 2. The summed E-state index contributed by atoms with van der Waals surface area (Å²) in [4.78, 5) is 47.7. The van der Waals surface area contributed by atoms with Gasteiger partial charge in [0.2, 0.25) is 5.43 Å². The summed E-state index contributed by atoms with van der Waals surface area (Å²) in [6, 6.07) is 12.5. The minimum absolute atomic E-state index is 0. The number of alkyl carbamates (subject to hydrolysis) is 1. The summed E-state index contributed by atoms with van der Waals surface area (Å²) >= 11 is 0. The third kappa shape index (κ3) is 7.48. The number of aliphatic imine (C=N–C) groups is 1. The zero-order valence-electron chi connectivity index (χ0n) is 27.9. The Balaban J connectivity index is 0.00000468. The van der Waals surface area contributed by atoms with Gasteiger partial charge in [0.05, 0.1) is 23.5 Å². The van der Waals surface area contributed by atoms with Crippen molar-refractivity contribution in [3.8, 4) is 17.2 Å². The summed E-state index contributed by atoms with van der Waals surface area (Å²) in [5, 5.41) is 7.64. The summed E-state index contributed by atoms with van der Waals surface area (Å²) in [6.07, 6.45) is 4.75. The van der Waals surface area contributed by atoms with E-state index < -0.39 is 28.8 Å². The van der Waals surface area contributed by atoms with Crippen molar-refractivity contribution in [1.82, 2.24) is 20.1 Å². The largest absolute Gasteiger partial charge is 0.451 e. The molecule has 2 N–H and O–H groups in total. The first kappa shape index (κ1) is 35.2. The summed E-state index contributed by atoms with van der Waals surface area (Å²) in [6.45, 7) is 7.12. The van der Waals surface area contributed by atoms with Crippen molar-refractivity contribution < 1.29 is 23.5 Å². The van der Waals surface area contributed by atoms with E-state index in [-0.39, 0.29) is 35.9 Å². The fraction of sp³-hybridized carbons (Fsp3) is 0.405. The number of aromatic nitrogens is 1. The molecule has 1 atom stereocenters. The standard InChI is InChI=1S/C36H41FN6O5.CH4/c1-36(2,3)48-35(46)40-24-12-15-42(19-24)31-27(37)18-25-30-33(31)47-29-17-23-11-7-6-10-22(23)16-28(29)43(30)20-26(32(25)44)34(45)39-14-9-8-13-38-21-41(4)5;/h6-7,10-11,16-18,20-21,24H,8-9,12-15,19H2,1-5H3,(H,39,45)(H,40,46);1H4/t24-;/m1./s1. The van der Waals surface area contributed by atoms with Crippen molar-refractivity contribution in [2.75, 3.05) is 45.2 Å². The molecule has 2 aliphatic heterocycles. The molecule has 0 saturated carbocycles. The maximum absolute atomic E-state index is 16.2. The van der Waals surface area contributed by atoms with Crippen LogP contribution in [0.4, 0.5) is 14.9 Å². The Morgan fingerprint density at radius 2 is 1.88 bits per heavy atom. The van der Waals surface area contributed by atoms with E-state index in [2.05, 4.69) is 15.6 Å². The third-order valence-corrected chi connectivity index (χ3v) is 8.25. The second-order valence-corrected chi connectivity index (χ2v) is 13.5. The van der Waals surface area contributed by atoms with E-state index in [0.29, 0.717) is 56.0 Å². The number of fused-ring (bicyclic) bond motifs is 3. The molecule has 0 bridgehead atoms. The van der Waals surface area contributed by atoms with Crippen molar-refractivity contribution in [3.63, 3.8) is 0 Å². The molecule has 0 aliphatic carbocycles. The number of hydrogen-bond donors (Lipinski definition) is 2. The number of nitrogens with zero attached hydrogens (tertiary/aromatic N) is 4. The van der Waals surface area contributed by atoms with Crippen LogP contribution < -0.4 is 25.7 Å². The highest BCUT2D eigenvalue weighted by atomic mass is 19.1. The number of unbranched alkanes of at least 4 members (excludes halogenated alkanes) is 1. The maximum atomic E-state index is 16.2. The topological polar surface area (TPSA) is 118 Å². The normalized spacial score (nSPS) is 15.1. The van der Waals surface area contributed by atoms with Crippen LogP contribution in [-0.2, 0) is 4.74 Å². The lowest BCUT2D eigenvalue weighted by molar-refractivity contribution is 0.0508. The molecule has 1 fully saturated rings. The van der Waals surface area contributed by atoms with Crippen LogP contribution in [0.5, 0.6) is 11.5 Å². The van der Waals surface area contributed by atoms with E-state index in [0.717, 1.165) is 17.2 Å². The Labute approximate surface area is 285 Å². The first-order valence-corrected chi connectivity index (χ1v) is 16.2. The van der Waals surface area contributed by atoms with Crippen molar-refractivity contribution in [2.45, 2.75) is 59.1 Å². The molecule has 6 rings (SSSR count). The lowest BCUT2D eigenvalue weighted by Crippen LogP contribution is -2.40. The molecular formula is C37H45FN6O5. The minimum Gasteiger partial charge on any atom is -0.451 e. The van der Waals surface area contributed by atoms with E-state index in [4.69, 9.17) is 9.47 Å². The fourth-order valence-corrected chi connectivity index (χ4v) is 6.15. The number of anilines is 1. The highest BCUT2D eigenvalue weighted by Gasteiger charge is 2.34. The average molecular weight is 673 g/mol. The number of amides is 2. The van der Waals surface area contributed by atoms with Crippen LogP contribution in [0, 0.1) is 5.82 Å². The molecule has 4 aromatic rings. The van der Waals surface area contributed by atoms with Gasteiger partial charge in [-0.2, -0.15) is 0 Å². The molecule has 49 heavy (non-hydrogen) atoms. The van der Waals surface area contributed by atoms with E-state index >= 15 is 4.39 Å². The number of pyridine rings is 1. The molecular weight excluding hydrogens is 627 g/mol. The molecule has 0 radical (unpaired) electrons. The summed E-state index contributed by atoms with van der Waals surface area (Å²) in [5.41, 5.74) is -0.129. The fourth-order valence-electron chi connectivity index (χ4n) is 6.15. The van der Waals surface area contributed by atoms with Gasteiger partial charge < -0.3 is 34.5 Å². The Kier molecular flexibility index (Phi) is 10.2. The van der Waals surface area contributed by atoms with Gasteiger partial charge in [-0.15, -0.1) is 0 Å². The molecule has 12 heteroatoms. The molecule has 1 aromatic heterocycles. The molecule has 3 aromatic carbocycles. The van der Waals surface area contributed by atoms with Crippen LogP contribution in [0.15, 0.2) is 58.4 Å². The smallest absolute Gasteiger partial charge is 0.407 e. The van der Waals surface area contributed by atoms with Crippen molar-refractivity contribution in [1.29, 1.82) is 0 Å². The second-order valence-electron chi connectivity index (χ2n) is 13.5. The molecule has 0 spiro atoms. The highest BCUT2D eigenvalue weighted by Crippen LogP contribution is 2.48. The summed E-state index contributed by atoms with van der Waals surface area (Å²) < 4.78 is 29.9. The van der Waals surface area contributed by atoms with Gasteiger partial charge in [0, 0.05) is 46.5 Å². The number of benzene rings is 3. The van der Waals surface area contributed by atoms with Gasteiger partial charge >= 0.3 is 6.09 Å². The highest BCUT2D eigenvalue weighted by molar-refractivity contribution is 6.02. The molecule has 0 unspecified atom stereocenters. The van der Waals surface area contributed by atoms with Gasteiger partial charge in [0.25, 0.3) is 5.91 Å². The number of nitrogens with one attached hydrogen (secondary N) is 2. The van der Waals surface area contributed by atoms with Crippen molar-refractivity contribution >= 4 is 45.7 Å². The van der Waals surface area contributed by atoms with E-state index in [1.807, 2.05) is 60.3 Å². The zero-order valence-corrected chi connectivity index (χ0v) is 27.9. The van der Waals surface area contributed by atoms with Crippen LogP contribution in [0.3, 0.4) is 0 Å². The monoisotopic (exact) mass is 672 g/mol. The number of rotatable bonds is 9. The first-order valence-electron chi connectivity index (χ1n) is 16.2. The molecule has 3 heterocycles. The molecule has 2 aliphatic rings. The molecule has 260 valence electrons. The van der Waals surface area contributed by atoms with E-state index in [1.165, 1.54) is 12.3 Å². The molecule has 2 amide bonds. The second kappa shape index (κ2) is 14.2. The predicted molar refractivity (Wildman–Crippen MR) is 192 cm³/mol. The van der Waals surface area contributed by atoms with Crippen LogP contribution >= 0.6 is 0 Å². The summed E-state index contributed by atoms with van der Waals surface area (Å²) in [5.74, 6) is -0.532. The Hall–Kier alpha value is -5.13. The third-order valence-electron chi connectivity index (χ3n) is 8.25. The van der Waals surface area contributed by atoms with Crippen LogP contribution in [0.25, 0.3) is 27.4 Å². The van der Waals surface area contributed by atoms with Gasteiger partial charge in [0.1, 0.15) is 22.4 Å². The number of hydrogen-bond acceptors (Lipinski definition) is 7. The lowest BCUT2D eigenvalue weighted by atomic mass is 10.0. The molecule has 1 saturated heterocycles. The molecule has 11 nitrogen and oxygen atoms in total. The number of carbonyl (C=O) groups excluding carboxylic acids is 2. The lowest BCUT2D eigenvalue weighted by Gasteiger charge is -2.29. The van der Waals surface area contributed by atoms with E-state index in [1.54, 1.807) is 31.7 Å². The number of ether oxygens (including phenoxy) is 2. The summed E-state index contributed by atoms with van der Waals surface area (Å²) in [7, 11) is 3.80. The van der Waals surface area contributed by atoms with Gasteiger partial charge in [-0.1, -0.05) is 31.7 Å². The Morgan fingerprint density at radius 1 is 1.14 bits per heavy atom. The zero-order chi connectivity index (χ0) is 34.2. The maximum Gasteiger partial charge on any atom is 0.407 e. The van der Waals surface area contributed by atoms with Gasteiger partial charge in [-0.3, -0.25) is 14.6 Å².